The Kier molecular flexibility index (Phi) is 6.52. The van der Waals surface area contributed by atoms with Crippen molar-refractivity contribution in [1.82, 2.24) is 5.32 Å². The van der Waals surface area contributed by atoms with E-state index in [9.17, 15) is 18.0 Å². The lowest BCUT2D eigenvalue weighted by Crippen LogP contribution is -2.31. The van der Waals surface area contributed by atoms with E-state index in [0.29, 0.717) is 5.56 Å². The van der Waals surface area contributed by atoms with Crippen LogP contribution in [-0.4, -0.2) is 33.2 Å². The fraction of sp³-hybridized carbons (Fsp3) is 0.263. The van der Waals surface area contributed by atoms with Crippen LogP contribution in [0.4, 0.5) is 0 Å². The zero-order chi connectivity index (χ0) is 19.2. The molecular weight excluding hydrogens is 354 g/mol. The number of esters is 1. The Morgan fingerprint density at radius 1 is 1.04 bits per heavy atom. The van der Waals surface area contributed by atoms with E-state index in [0.717, 1.165) is 11.8 Å². The number of carbonyl (C=O) groups is 2. The first-order valence-corrected chi connectivity index (χ1v) is 10.1. The highest BCUT2D eigenvalue weighted by atomic mass is 32.2. The van der Waals surface area contributed by atoms with Gasteiger partial charge in [0.2, 0.25) is 0 Å². The Morgan fingerprint density at radius 3 is 2.23 bits per heavy atom. The molecule has 0 radical (unpaired) electrons. The van der Waals surface area contributed by atoms with Crippen LogP contribution in [0.1, 0.15) is 34.5 Å². The van der Waals surface area contributed by atoms with E-state index < -0.39 is 21.7 Å². The van der Waals surface area contributed by atoms with Crippen LogP contribution in [-0.2, 0) is 25.1 Å². The summed E-state index contributed by atoms with van der Waals surface area (Å²) in [5.41, 5.74) is 1.79. The maximum Gasteiger partial charge on any atom is 0.338 e. The van der Waals surface area contributed by atoms with Gasteiger partial charge in [-0.3, -0.25) is 4.79 Å². The van der Waals surface area contributed by atoms with E-state index in [1.165, 1.54) is 12.1 Å². The van der Waals surface area contributed by atoms with Gasteiger partial charge in [-0.15, -0.1) is 0 Å². The second-order valence-electron chi connectivity index (χ2n) is 6.04. The van der Waals surface area contributed by atoms with Gasteiger partial charge in [0.15, 0.2) is 16.4 Å². The molecule has 2 aromatic rings. The highest BCUT2D eigenvalue weighted by molar-refractivity contribution is 7.89. The summed E-state index contributed by atoms with van der Waals surface area (Å²) in [4.78, 5) is 23.9. The molecule has 1 amide bonds. The molecule has 0 saturated heterocycles. The molecule has 7 heteroatoms. The first-order chi connectivity index (χ1) is 12.2. The first-order valence-electron chi connectivity index (χ1n) is 8.03. The monoisotopic (exact) mass is 375 g/mol. The second kappa shape index (κ2) is 8.62. The Balaban J connectivity index is 1.85. The van der Waals surface area contributed by atoms with Gasteiger partial charge in [0.25, 0.3) is 5.91 Å². The highest BCUT2D eigenvalue weighted by Gasteiger charge is 2.13. The highest BCUT2D eigenvalue weighted by Crippen LogP contribution is 2.11. The molecule has 0 spiro atoms. The van der Waals surface area contributed by atoms with Gasteiger partial charge < -0.3 is 10.1 Å². The standard InChI is InChI=1S/C19H21NO5S/c1-14(16-6-4-3-5-7-16)20-18(21)12-25-19(22)17-10-8-15(9-11-17)13-26(2,23)24/h3-11,14H,12-13H2,1-2H3,(H,20,21)/t14-/m1/s1. The van der Waals surface area contributed by atoms with Crippen LogP contribution in [0, 0.1) is 0 Å². The molecule has 2 rings (SSSR count). The van der Waals surface area contributed by atoms with E-state index in [1.807, 2.05) is 37.3 Å². The lowest BCUT2D eigenvalue weighted by molar-refractivity contribution is -0.124. The van der Waals surface area contributed by atoms with Crippen LogP contribution in [0.15, 0.2) is 54.6 Å². The van der Waals surface area contributed by atoms with Crippen LogP contribution in [0.2, 0.25) is 0 Å². The van der Waals surface area contributed by atoms with Gasteiger partial charge in [-0.05, 0) is 30.2 Å². The fourth-order valence-corrected chi connectivity index (χ4v) is 3.16. The predicted octanol–water partition coefficient (Wildman–Crippen LogP) is 2.27. The van der Waals surface area contributed by atoms with Gasteiger partial charge in [-0.2, -0.15) is 0 Å². The molecule has 0 aliphatic carbocycles. The van der Waals surface area contributed by atoms with Gasteiger partial charge in [-0.25, -0.2) is 13.2 Å². The van der Waals surface area contributed by atoms with Crippen molar-refractivity contribution in [2.24, 2.45) is 0 Å². The van der Waals surface area contributed by atoms with Crippen LogP contribution in [0.25, 0.3) is 0 Å². The summed E-state index contributed by atoms with van der Waals surface area (Å²) in [6.45, 7) is 1.46. The summed E-state index contributed by atoms with van der Waals surface area (Å²) in [7, 11) is -3.14. The SMILES string of the molecule is C[C@@H](NC(=O)COC(=O)c1ccc(CS(C)(=O)=O)cc1)c1ccccc1. The number of sulfone groups is 1. The van der Waals surface area contributed by atoms with Crippen molar-refractivity contribution in [3.8, 4) is 0 Å². The topological polar surface area (TPSA) is 89.5 Å². The van der Waals surface area contributed by atoms with Crippen molar-refractivity contribution in [2.75, 3.05) is 12.9 Å². The third-order valence-electron chi connectivity index (χ3n) is 3.63. The maximum absolute atomic E-state index is 12.0. The van der Waals surface area contributed by atoms with Gasteiger partial charge in [-0.1, -0.05) is 42.5 Å². The van der Waals surface area contributed by atoms with Gasteiger partial charge in [0.05, 0.1) is 17.4 Å². The molecule has 6 nitrogen and oxygen atoms in total. The second-order valence-corrected chi connectivity index (χ2v) is 8.18. The summed E-state index contributed by atoms with van der Waals surface area (Å²) in [5, 5.41) is 2.76. The van der Waals surface area contributed by atoms with Crippen LogP contribution in [0.3, 0.4) is 0 Å². The minimum absolute atomic E-state index is 0.0951. The van der Waals surface area contributed by atoms with Gasteiger partial charge in [0, 0.05) is 6.26 Å². The summed E-state index contributed by atoms with van der Waals surface area (Å²) in [6.07, 6.45) is 1.14. The minimum Gasteiger partial charge on any atom is -0.452 e. The zero-order valence-corrected chi connectivity index (χ0v) is 15.5. The Bertz CT molecular complexity index is 861. The molecule has 26 heavy (non-hydrogen) atoms. The average Bonchev–Trinajstić information content (AvgIpc) is 2.59. The molecule has 0 fully saturated rings. The van der Waals surface area contributed by atoms with E-state index in [-0.39, 0.29) is 24.0 Å². The van der Waals surface area contributed by atoms with Gasteiger partial charge >= 0.3 is 5.97 Å². The molecule has 0 aliphatic heterocycles. The summed E-state index contributed by atoms with van der Waals surface area (Å²) >= 11 is 0. The first kappa shape index (κ1) is 19.7. The molecule has 138 valence electrons. The van der Waals surface area contributed by atoms with Crippen molar-refractivity contribution in [1.29, 1.82) is 0 Å². The number of rotatable bonds is 7. The van der Waals surface area contributed by atoms with E-state index >= 15 is 0 Å². The number of ether oxygens (including phenoxy) is 1. The lowest BCUT2D eigenvalue weighted by Gasteiger charge is -2.14. The number of nitrogens with one attached hydrogen (secondary N) is 1. The van der Waals surface area contributed by atoms with Crippen LogP contribution in [0.5, 0.6) is 0 Å². The molecule has 0 aromatic heterocycles. The normalized spacial score (nSPS) is 12.2. The van der Waals surface area contributed by atoms with E-state index in [1.54, 1.807) is 12.1 Å². The molecule has 2 aromatic carbocycles. The molecular formula is C19H21NO5S. The molecule has 0 saturated carbocycles. The van der Waals surface area contributed by atoms with E-state index in [2.05, 4.69) is 5.32 Å². The fourth-order valence-electron chi connectivity index (χ4n) is 2.36. The number of benzene rings is 2. The number of amides is 1. The van der Waals surface area contributed by atoms with Crippen molar-refractivity contribution in [3.63, 3.8) is 0 Å². The quantitative estimate of drug-likeness (QED) is 0.750. The number of hydrogen-bond acceptors (Lipinski definition) is 5. The Hall–Kier alpha value is -2.67. The third-order valence-corrected chi connectivity index (χ3v) is 4.49. The molecule has 0 heterocycles. The van der Waals surface area contributed by atoms with E-state index in [4.69, 9.17) is 4.74 Å². The van der Waals surface area contributed by atoms with Crippen molar-refractivity contribution < 1.29 is 22.7 Å². The van der Waals surface area contributed by atoms with Gasteiger partial charge in [0.1, 0.15) is 0 Å². The maximum atomic E-state index is 12.0. The molecule has 1 atom stereocenters. The Morgan fingerprint density at radius 2 is 1.65 bits per heavy atom. The smallest absolute Gasteiger partial charge is 0.338 e. The lowest BCUT2D eigenvalue weighted by atomic mass is 10.1. The molecule has 0 bridgehead atoms. The predicted molar refractivity (Wildman–Crippen MR) is 98.3 cm³/mol. The van der Waals surface area contributed by atoms with Crippen LogP contribution >= 0.6 is 0 Å². The Labute approximate surface area is 153 Å². The molecule has 1 N–H and O–H groups in total. The molecule has 0 aliphatic rings. The average molecular weight is 375 g/mol. The largest absolute Gasteiger partial charge is 0.452 e. The summed E-state index contributed by atoms with van der Waals surface area (Å²) in [5.74, 6) is -1.14. The number of carbonyl (C=O) groups excluding carboxylic acids is 2. The summed E-state index contributed by atoms with van der Waals surface area (Å²) < 4.78 is 27.5. The van der Waals surface area contributed by atoms with Crippen molar-refractivity contribution in [3.05, 3.63) is 71.3 Å². The molecule has 0 unspecified atom stereocenters. The minimum atomic E-state index is -3.14. The van der Waals surface area contributed by atoms with Crippen molar-refractivity contribution >= 4 is 21.7 Å². The zero-order valence-electron chi connectivity index (χ0n) is 14.6. The number of hydrogen-bond donors (Lipinski definition) is 1. The van der Waals surface area contributed by atoms with Crippen molar-refractivity contribution in [2.45, 2.75) is 18.7 Å². The third kappa shape index (κ3) is 6.33. The van der Waals surface area contributed by atoms with Crippen LogP contribution < -0.4 is 5.32 Å². The summed E-state index contributed by atoms with van der Waals surface area (Å²) in [6, 6.07) is 15.3.